The van der Waals surface area contributed by atoms with Gasteiger partial charge < -0.3 is 20.9 Å². The molecule has 0 aliphatic carbocycles. The lowest BCUT2D eigenvalue weighted by atomic mass is 10.1. The molecule has 4 rings (SSSR count). The van der Waals surface area contributed by atoms with Crippen LogP contribution in [-0.4, -0.2) is 58.2 Å². The molecule has 1 aromatic heterocycles. The Morgan fingerprint density at radius 2 is 1.97 bits per heavy atom. The van der Waals surface area contributed by atoms with E-state index in [1.54, 1.807) is 28.1 Å². The molecule has 0 unspecified atom stereocenters. The van der Waals surface area contributed by atoms with Crippen LogP contribution in [0.4, 0.5) is 5.69 Å². The minimum atomic E-state index is -0.101. The number of amides is 3. The maximum Gasteiger partial charge on any atom is 0.254 e. The standard InChI is InChI=1S/C21H23N5O3/c22-15-5-6-16(23-9-15)7-8-19(27)24-17-11-25(12-17)20(28)13-26-10-14-3-1-2-4-18(14)21(26)29/h1-6,9,17H,7-8,10-13,22H2,(H,24,27). The number of aromatic nitrogens is 1. The van der Waals surface area contributed by atoms with Crippen LogP contribution in [0.15, 0.2) is 42.6 Å². The van der Waals surface area contributed by atoms with Gasteiger partial charge in [-0.1, -0.05) is 18.2 Å². The number of fused-ring (bicyclic) bond motifs is 1. The Morgan fingerprint density at radius 3 is 2.69 bits per heavy atom. The number of nitrogens with two attached hydrogens (primary N) is 1. The Bertz CT molecular complexity index is 938. The first-order valence-corrected chi connectivity index (χ1v) is 9.64. The van der Waals surface area contributed by atoms with Crippen LogP contribution in [0.2, 0.25) is 0 Å². The number of nitrogen functional groups attached to an aromatic ring is 1. The average Bonchev–Trinajstić information content (AvgIpc) is 2.99. The number of anilines is 1. The van der Waals surface area contributed by atoms with Crippen molar-refractivity contribution in [2.75, 3.05) is 25.4 Å². The average molecular weight is 393 g/mol. The Morgan fingerprint density at radius 1 is 1.17 bits per heavy atom. The summed E-state index contributed by atoms with van der Waals surface area (Å²) in [5.74, 6) is -0.260. The van der Waals surface area contributed by atoms with E-state index in [1.165, 1.54) is 0 Å². The molecular formula is C21H23N5O3. The SMILES string of the molecule is Nc1ccc(CCC(=O)NC2CN(C(=O)CN3Cc4ccccc4C3=O)C2)nc1. The molecule has 0 bridgehead atoms. The molecule has 8 heteroatoms. The Balaban J connectivity index is 1.18. The van der Waals surface area contributed by atoms with Gasteiger partial charge in [0.15, 0.2) is 0 Å². The van der Waals surface area contributed by atoms with Crippen molar-refractivity contribution < 1.29 is 14.4 Å². The molecule has 1 aromatic carbocycles. The Labute approximate surface area is 168 Å². The van der Waals surface area contributed by atoms with Crippen LogP contribution in [0, 0.1) is 0 Å². The van der Waals surface area contributed by atoms with E-state index in [2.05, 4.69) is 10.3 Å². The predicted octanol–water partition coefficient (Wildman–Crippen LogP) is 0.579. The summed E-state index contributed by atoms with van der Waals surface area (Å²) in [6.07, 6.45) is 2.45. The highest BCUT2D eigenvalue weighted by atomic mass is 16.2. The number of rotatable bonds is 6. The van der Waals surface area contributed by atoms with Crippen molar-refractivity contribution in [1.82, 2.24) is 20.1 Å². The zero-order valence-electron chi connectivity index (χ0n) is 16.0. The molecule has 150 valence electrons. The lowest BCUT2D eigenvalue weighted by molar-refractivity contribution is -0.138. The summed E-state index contributed by atoms with van der Waals surface area (Å²) in [6, 6.07) is 10.9. The van der Waals surface area contributed by atoms with Gasteiger partial charge in [0.25, 0.3) is 5.91 Å². The molecule has 2 aliphatic rings. The van der Waals surface area contributed by atoms with Crippen LogP contribution in [0.1, 0.15) is 28.0 Å². The van der Waals surface area contributed by atoms with Gasteiger partial charge >= 0.3 is 0 Å². The maximum absolute atomic E-state index is 12.4. The number of benzene rings is 1. The van der Waals surface area contributed by atoms with E-state index >= 15 is 0 Å². The van der Waals surface area contributed by atoms with E-state index in [4.69, 9.17) is 5.73 Å². The highest BCUT2D eigenvalue weighted by Crippen LogP contribution is 2.22. The van der Waals surface area contributed by atoms with Gasteiger partial charge in [-0.25, -0.2) is 0 Å². The van der Waals surface area contributed by atoms with Crippen molar-refractivity contribution in [3.63, 3.8) is 0 Å². The molecule has 3 heterocycles. The minimum absolute atomic E-state index is 0.0442. The number of pyridine rings is 1. The van der Waals surface area contributed by atoms with E-state index in [0.717, 1.165) is 11.3 Å². The smallest absolute Gasteiger partial charge is 0.254 e. The third kappa shape index (κ3) is 4.21. The first-order chi connectivity index (χ1) is 14.0. The predicted molar refractivity (Wildman–Crippen MR) is 107 cm³/mol. The van der Waals surface area contributed by atoms with Gasteiger partial charge in [0, 0.05) is 37.3 Å². The molecule has 1 saturated heterocycles. The summed E-state index contributed by atoms with van der Waals surface area (Å²) in [5.41, 5.74) is 8.63. The second kappa shape index (κ2) is 7.90. The van der Waals surface area contributed by atoms with Crippen molar-refractivity contribution in [2.45, 2.75) is 25.4 Å². The van der Waals surface area contributed by atoms with E-state index in [0.29, 0.717) is 43.7 Å². The second-order valence-electron chi connectivity index (χ2n) is 7.46. The molecule has 3 N–H and O–H groups in total. The number of hydrogen-bond donors (Lipinski definition) is 2. The highest BCUT2D eigenvalue weighted by molar-refractivity contribution is 6.00. The van der Waals surface area contributed by atoms with Gasteiger partial charge in [-0.2, -0.15) is 0 Å². The molecule has 0 radical (unpaired) electrons. The van der Waals surface area contributed by atoms with Crippen LogP contribution in [-0.2, 0) is 22.6 Å². The van der Waals surface area contributed by atoms with Gasteiger partial charge in [-0.05, 0) is 30.2 Å². The number of carbonyl (C=O) groups is 3. The summed E-state index contributed by atoms with van der Waals surface area (Å²) in [6.45, 7) is 1.48. The number of nitrogens with one attached hydrogen (secondary N) is 1. The van der Waals surface area contributed by atoms with E-state index < -0.39 is 0 Å². The van der Waals surface area contributed by atoms with Crippen molar-refractivity contribution >= 4 is 23.4 Å². The molecule has 3 amide bonds. The molecule has 2 aromatic rings. The summed E-state index contributed by atoms with van der Waals surface area (Å²) >= 11 is 0. The Hall–Kier alpha value is -3.42. The van der Waals surface area contributed by atoms with Gasteiger partial charge in [-0.3, -0.25) is 19.4 Å². The van der Waals surface area contributed by atoms with E-state index in [1.807, 2.05) is 24.3 Å². The summed E-state index contributed by atoms with van der Waals surface area (Å²) < 4.78 is 0. The quantitative estimate of drug-likeness (QED) is 0.746. The van der Waals surface area contributed by atoms with E-state index in [-0.39, 0.29) is 30.3 Å². The number of aryl methyl sites for hydroxylation is 1. The van der Waals surface area contributed by atoms with Crippen molar-refractivity contribution in [3.05, 3.63) is 59.4 Å². The molecule has 8 nitrogen and oxygen atoms in total. The van der Waals surface area contributed by atoms with Crippen molar-refractivity contribution in [2.24, 2.45) is 0 Å². The molecule has 1 fully saturated rings. The van der Waals surface area contributed by atoms with Crippen LogP contribution in [0.5, 0.6) is 0 Å². The second-order valence-corrected chi connectivity index (χ2v) is 7.46. The monoisotopic (exact) mass is 393 g/mol. The third-order valence-electron chi connectivity index (χ3n) is 5.28. The molecule has 0 atom stereocenters. The number of hydrogen-bond acceptors (Lipinski definition) is 5. The van der Waals surface area contributed by atoms with Crippen LogP contribution in [0.3, 0.4) is 0 Å². The van der Waals surface area contributed by atoms with Crippen molar-refractivity contribution in [1.29, 1.82) is 0 Å². The molecule has 2 aliphatic heterocycles. The van der Waals surface area contributed by atoms with Gasteiger partial charge in [-0.15, -0.1) is 0 Å². The Kier molecular flexibility index (Phi) is 5.16. The van der Waals surface area contributed by atoms with Crippen LogP contribution < -0.4 is 11.1 Å². The van der Waals surface area contributed by atoms with Gasteiger partial charge in [0.2, 0.25) is 11.8 Å². The normalized spacial score (nSPS) is 15.8. The molecular weight excluding hydrogens is 370 g/mol. The fraction of sp³-hybridized carbons (Fsp3) is 0.333. The fourth-order valence-corrected chi connectivity index (χ4v) is 3.60. The summed E-state index contributed by atoms with van der Waals surface area (Å²) in [4.78, 5) is 44.3. The molecule has 29 heavy (non-hydrogen) atoms. The summed E-state index contributed by atoms with van der Waals surface area (Å²) in [5, 5.41) is 2.93. The summed E-state index contributed by atoms with van der Waals surface area (Å²) in [7, 11) is 0. The minimum Gasteiger partial charge on any atom is -0.397 e. The zero-order chi connectivity index (χ0) is 20.4. The maximum atomic E-state index is 12.4. The number of carbonyl (C=O) groups excluding carboxylic acids is 3. The first kappa shape index (κ1) is 18.9. The number of likely N-dealkylation sites (tertiary alicyclic amines) is 1. The van der Waals surface area contributed by atoms with E-state index in [9.17, 15) is 14.4 Å². The molecule has 0 saturated carbocycles. The third-order valence-corrected chi connectivity index (χ3v) is 5.28. The highest BCUT2D eigenvalue weighted by Gasteiger charge is 2.35. The van der Waals surface area contributed by atoms with Crippen LogP contribution in [0.25, 0.3) is 0 Å². The van der Waals surface area contributed by atoms with Crippen molar-refractivity contribution in [3.8, 4) is 0 Å². The first-order valence-electron chi connectivity index (χ1n) is 9.64. The topological polar surface area (TPSA) is 109 Å². The lowest BCUT2D eigenvalue weighted by Crippen LogP contribution is -2.62. The van der Waals surface area contributed by atoms with Gasteiger partial charge in [0.05, 0.1) is 17.9 Å². The molecule has 0 spiro atoms. The largest absolute Gasteiger partial charge is 0.397 e. The fourth-order valence-electron chi connectivity index (χ4n) is 3.60. The number of nitrogens with zero attached hydrogens (tertiary/aromatic N) is 3. The lowest BCUT2D eigenvalue weighted by Gasteiger charge is -2.40. The van der Waals surface area contributed by atoms with Gasteiger partial charge in [0.1, 0.15) is 6.54 Å². The van der Waals surface area contributed by atoms with Crippen LogP contribution >= 0.6 is 0 Å². The zero-order valence-corrected chi connectivity index (χ0v) is 16.0.